The average molecular weight is 343 g/mol. The van der Waals surface area contributed by atoms with Crippen LogP contribution in [0.25, 0.3) is 5.69 Å². The summed E-state index contributed by atoms with van der Waals surface area (Å²) in [5.74, 6) is 0.00758. The van der Waals surface area contributed by atoms with Crippen LogP contribution < -0.4 is 0 Å². The molecule has 0 atom stereocenters. The molecule has 0 fully saturated rings. The van der Waals surface area contributed by atoms with E-state index in [9.17, 15) is 4.79 Å². The van der Waals surface area contributed by atoms with Crippen LogP contribution in [0.5, 0.6) is 0 Å². The SMILES string of the molecule is CCC(=O)c1nnn(-c2ccc(Cl)cc2Br)c1CC. The van der Waals surface area contributed by atoms with Gasteiger partial charge < -0.3 is 0 Å². The molecule has 0 N–H and O–H groups in total. The molecule has 2 aromatic rings. The Balaban J connectivity index is 2.57. The van der Waals surface area contributed by atoms with Gasteiger partial charge in [-0.25, -0.2) is 4.68 Å². The topological polar surface area (TPSA) is 47.8 Å². The molecule has 1 aromatic carbocycles. The summed E-state index contributed by atoms with van der Waals surface area (Å²) >= 11 is 9.38. The second-order valence-electron chi connectivity index (χ2n) is 4.02. The number of hydrogen-bond donors (Lipinski definition) is 0. The van der Waals surface area contributed by atoms with Gasteiger partial charge >= 0.3 is 0 Å². The van der Waals surface area contributed by atoms with Crippen LogP contribution in [0.15, 0.2) is 22.7 Å². The van der Waals surface area contributed by atoms with E-state index in [-0.39, 0.29) is 5.78 Å². The molecule has 2 rings (SSSR count). The molecule has 0 unspecified atom stereocenters. The Morgan fingerprint density at radius 1 is 1.42 bits per heavy atom. The van der Waals surface area contributed by atoms with E-state index in [1.165, 1.54) is 0 Å². The highest BCUT2D eigenvalue weighted by atomic mass is 79.9. The minimum absolute atomic E-state index is 0.00758. The first kappa shape index (κ1) is 14.2. The van der Waals surface area contributed by atoms with Gasteiger partial charge in [-0.2, -0.15) is 0 Å². The average Bonchev–Trinajstić information content (AvgIpc) is 2.81. The fraction of sp³-hybridized carbons (Fsp3) is 0.308. The number of carbonyl (C=O) groups is 1. The van der Waals surface area contributed by atoms with E-state index in [0.717, 1.165) is 15.9 Å². The van der Waals surface area contributed by atoms with Crippen LogP contribution >= 0.6 is 27.5 Å². The van der Waals surface area contributed by atoms with Crippen molar-refractivity contribution in [1.82, 2.24) is 15.0 Å². The Kier molecular flexibility index (Phi) is 4.37. The lowest BCUT2D eigenvalue weighted by Gasteiger charge is -2.08. The zero-order valence-corrected chi connectivity index (χ0v) is 13.0. The fourth-order valence-electron chi connectivity index (χ4n) is 1.85. The van der Waals surface area contributed by atoms with Gasteiger partial charge in [-0.05, 0) is 40.5 Å². The quantitative estimate of drug-likeness (QED) is 0.793. The summed E-state index contributed by atoms with van der Waals surface area (Å²) < 4.78 is 2.50. The van der Waals surface area contributed by atoms with Crippen LogP contribution in [0.3, 0.4) is 0 Å². The molecule has 1 aromatic heterocycles. The number of ketones is 1. The van der Waals surface area contributed by atoms with E-state index >= 15 is 0 Å². The van der Waals surface area contributed by atoms with Crippen LogP contribution in [0.2, 0.25) is 5.02 Å². The van der Waals surface area contributed by atoms with Crippen LogP contribution in [0, 0.1) is 0 Å². The summed E-state index contributed by atoms with van der Waals surface area (Å²) in [5.41, 5.74) is 2.09. The molecular weight excluding hydrogens is 330 g/mol. The van der Waals surface area contributed by atoms with Crippen LogP contribution in [0.4, 0.5) is 0 Å². The molecule has 0 bridgehead atoms. The largest absolute Gasteiger partial charge is 0.292 e. The normalized spacial score (nSPS) is 10.7. The Morgan fingerprint density at radius 2 is 2.16 bits per heavy atom. The summed E-state index contributed by atoms with van der Waals surface area (Å²) in [6.45, 7) is 3.80. The maximum atomic E-state index is 11.8. The van der Waals surface area contributed by atoms with Crippen molar-refractivity contribution in [3.05, 3.63) is 39.1 Å². The molecule has 0 radical (unpaired) electrons. The van der Waals surface area contributed by atoms with Crippen molar-refractivity contribution in [3.8, 4) is 5.69 Å². The van der Waals surface area contributed by atoms with Gasteiger partial charge in [-0.1, -0.05) is 30.7 Å². The summed E-state index contributed by atoms with van der Waals surface area (Å²) in [7, 11) is 0. The zero-order valence-electron chi connectivity index (χ0n) is 10.7. The molecule has 0 spiro atoms. The lowest BCUT2D eigenvalue weighted by Crippen LogP contribution is -2.06. The van der Waals surface area contributed by atoms with Crippen molar-refractivity contribution in [2.24, 2.45) is 0 Å². The highest BCUT2D eigenvalue weighted by Gasteiger charge is 2.18. The highest BCUT2D eigenvalue weighted by molar-refractivity contribution is 9.10. The predicted molar refractivity (Wildman–Crippen MR) is 78.1 cm³/mol. The molecule has 19 heavy (non-hydrogen) atoms. The molecule has 0 aliphatic carbocycles. The third-order valence-electron chi connectivity index (χ3n) is 2.82. The molecule has 0 aliphatic heterocycles. The first-order valence-electron chi connectivity index (χ1n) is 6.01. The van der Waals surface area contributed by atoms with Crippen LogP contribution in [-0.2, 0) is 6.42 Å². The number of halogens is 2. The van der Waals surface area contributed by atoms with Gasteiger partial charge in [0, 0.05) is 15.9 Å². The molecule has 0 aliphatic rings. The van der Waals surface area contributed by atoms with Gasteiger partial charge in [0.25, 0.3) is 0 Å². The van der Waals surface area contributed by atoms with Gasteiger partial charge in [-0.15, -0.1) is 5.10 Å². The van der Waals surface area contributed by atoms with E-state index in [0.29, 0.717) is 23.6 Å². The lowest BCUT2D eigenvalue weighted by molar-refractivity contribution is 0.0982. The van der Waals surface area contributed by atoms with Gasteiger partial charge in [0.1, 0.15) is 0 Å². The van der Waals surface area contributed by atoms with Crippen molar-refractivity contribution in [3.63, 3.8) is 0 Å². The summed E-state index contributed by atoms with van der Waals surface area (Å²) in [6.07, 6.45) is 1.11. The third kappa shape index (κ3) is 2.72. The standard InChI is InChI=1S/C13H13BrClN3O/c1-3-10-13(12(19)4-2)16-17-18(10)11-6-5-8(15)7-9(11)14/h5-7H,3-4H2,1-2H3. The van der Waals surface area contributed by atoms with Gasteiger partial charge in [0.2, 0.25) is 0 Å². The fourth-order valence-corrected chi connectivity index (χ4v) is 2.70. The van der Waals surface area contributed by atoms with E-state index in [1.807, 2.05) is 19.9 Å². The predicted octanol–water partition coefficient (Wildman–Crippen LogP) is 3.84. The Morgan fingerprint density at radius 3 is 2.74 bits per heavy atom. The molecule has 100 valence electrons. The monoisotopic (exact) mass is 341 g/mol. The van der Waals surface area contributed by atoms with Crippen molar-refractivity contribution >= 4 is 33.3 Å². The molecule has 0 amide bonds. The number of carbonyl (C=O) groups excluding carboxylic acids is 1. The van der Waals surface area contributed by atoms with Crippen LogP contribution in [-0.4, -0.2) is 20.8 Å². The highest BCUT2D eigenvalue weighted by Crippen LogP contribution is 2.26. The molecule has 4 nitrogen and oxygen atoms in total. The van der Waals surface area contributed by atoms with Gasteiger partial charge in [-0.3, -0.25) is 4.79 Å². The minimum Gasteiger partial charge on any atom is -0.292 e. The smallest absolute Gasteiger partial charge is 0.184 e. The zero-order chi connectivity index (χ0) is 14.0. The number of Topliss-reactive ketones (excluding diaryl/α,β-unsaturated/α-hetero) is 1. The lowest BCUT2D eigenvalue weighted by atomic mass is 10.1. The van der Waals surface area contributed by atoms with Crippen LogP contribution in [0.1, 0.15) is 36.5 Å². The number of hydrogen-bond acceptors (Lipinski definition) is 3. The number of nitrogens with zero attached hydrogens (tertiary/aromatic N) is 3. The minimum atomic E-state index is 0.00758. The number of benzene rings is 1. The summed E-state index contributed by atoms with van der Waals surface area (Å²) in [5, 5.41) is 8.73. The van der Waals surface area contributed by atoms with Crippen molar-refractivity contribution in [2.75, 3.05) is 0 Å². The van der Waals surface area contributed by atoms with Crippen molar-refractivity contribution in [2.45, 2.75) is 26.7 Å². The molecule has 6 heteroatoms. The second kappa shape index (κ2) is 5.84. The second-order valence-corrected chi connectivity index (χ2v) is 5.31. The van der Waals surface area contributed by atoms with Crippen molar-refractivity contribution < 1.29 is 4.79 Å². The number of rotatable bonds is 4. The van der Waals surface area contributed by atoms with E-state index in [4.69, 9.17) is 11.6 Å². The number of aromatic nitrogens is 3. The molecule has 0 saturated heterocycles. The molecular formula is C13H13BrClN3O. The molecule has 1 heterocycles. The Labute approximate surface area is 124 Å². The summed E-state index contributed by atoms with van der Waals surface area (Å²) in [6, 6.07) is 5.42. The van der Waals surface area contributed by atoms with Gasteiger partial charge in [0.05, 0.1) is 11.4 Å². The molecule has 0 saturated carbocycles. The Bertz CT molecular complexity index is 624. The van der Waals surface area contributed by atoms with E-state index < -0.39 is 0 Å². The third-order valence-corrected chi connectivity index (χ3v) is 3.69. The maximum absolute atomic E-state index is 11.8. The maximum Gasteiger partial charge on any atom is 0.184 e. The first-order chi connectivity index (χ1) is 9.08. The first-order valence-corrected chi connectivity index (χ1v) is 7.18. The Hall–Kier alpha value is -1.20. The van der Waals surface area contributed by atoms with E-state index in [1.54, 1.807) is 16.8 Å². The summed E-state index contributed by atoms with van der Waals surface area (Å²) in [4.78, 5) is 11.8. The van der Waals surface area contributed by atoms with E-state index in [2.05, 4.69) is 26.2 Å². The van der Waals surface area contributed by atoms with Gasteiger partial charge in [0.15, 0.2) is 11.5 Å². The van der Waals surface area contributed by atoms with Crippen molar-refractivity contribution in [1.29, 1.82) is 0 Å².